The van der Waals surface area contributed by atoms with Crippen molar-refractivity contribution in [3.63, 3.8) is 0 Å². The number of nitrogens with two attached hydrogens (primary N) is 4. The van der Waals surface area contributed by atoms with Crippen molar-refractivity contribution in [1.82, 2.24) is 10.6 Å². The van der Waals surface area contributed by atoms with E-state index in [-0.39, 0.29) is 0 Å². The second kappa shape index (κ2) is 7.09. The molecule has 0 heterocycles. The lowest BCUT2D eigenvalue weighted by Crippen LogP contribution is -2.40. The van der Waals surface area contributed by atoms with Crippen LogP contribution in [0.5, 0.6) is 0 Å². The van der Waals surface area contributed by atoms with Crippen LogP contribution in [0.3, 0.4) is 0 Å². The Hall–Kier alpha value is -3.25. The molecule has 0 fully saturated rings. The molecular weight excluding hydrogens is 252 g/mol. The lowest BCUT2D eigenvalue weighted by atomic mass is 10.9. The van der Waals surface area contributed by atoms with Gasteiger partial charge in [-0.15, -0.1) is 0 Å². The van der Waals surface area contributed by atoms with Crippen LogP contribution in [-0.2, 0) is 9.68 Å². The average molecular weight is 262 g/mol. The molecule has 0 radical (unpaired) electrons. The molecule has 0 saturated heterocycles. The molecule has 0 aliphatic rings. The largest absolute Gasteiger partial charge is 0.562 e. The molecule has 18 heavy (non-hydrogen) atoms. The zero-order valence-corrected chi connectivity index (χ0v) is 8.75. The molecule has 0 rings (SSSR count). The molecule has 10 N–H and O–H groups in total. The number of nitrogens with one attached hydrogen (secondary N) is 2. The van der Waals surface area contributed by atoms with Crippen molar-refractivity contribution >= 4 is 30.1 Å². The van der Waals surface area contributed by atoms with Crippen LogP contribution < -0.4 is 33.6 Å². The molecule has 0 aromatic carbocycles. The monoisotopic (exact) mass is 262 g/mol. The minimum atomic E-state index is -1.45. The third-order valence-electron chi connectivity index (χ3n) is 0.940. The van der Waals surface area contributed by atoms with Crippen molar-refractivity contribution < 1.29 is 24.1 Å². The van der Waals surface area contributed by atoms with Gasteiger partial charge in [0.25, 0.3) is 0 Å². The fourth-order valence-electron chi connectivity index (χ4n) is 0.488. The first kappa shape index (κ1) is 14.8. The van der Waals surface area contributed by atoms with Crippen LogP contribution in [0.25, 0.3) is 0 Å². The summed E-state index contributed by atoms with van der Waals surface area (Å²) in [6.45, 7) is 0. The Morgan fingerprint density at radius 2 is 1.11 bits per heavy atom. The average Bonchev–Trinajstić information content (AvgIpc) is 2.21. The first-order valence-electron chi connectivity index (χ1n) is 3.99. The highest BCUT2D eigenvalue weighted by Gasteiger charge is 2.06. The van der Waals surface area contributed by atoms with Gasteiger partial charge in [-0.05, 0) is 10.3 Å². The molecule has 4 amide bonds. The first-order valence-corrected chi connectivity index (χ1v) is 3.99. The SMILES string of the molecule is NC(=O)NC(N)=NOC(=O)ON=C(N)NC(N)=O. The molecule has 0 aliphatic carbocycles. The summed E-state index contributed by atoms with van der Waals surface area (Å²) in [4.78, 5) is 39.3. The van der Waals surface area contributed by atoms with Gasteiger partial charge in [-0.25, -0.2) is 9.59 Å². The van der Waals surface area contributed by atoms with Crippen LogP contribution in [0.1, 0.15) is 0 Å². The number of nitrogens with zero attached hydrogens (tertiary/aromatic N) is 2. The van der Waals surface area contributed by atoms with Gasteiger partial charge in [0.1, 0.15) is 0 Å². The van der Waals surface area contributed by atoms with Crippen LogP contribution in [0.2, 0.25) is 0 Å². The summed E-state index contributed by atoms with van der Waals surface area (Å²) in [6, 6.07) is -2.03. The van der Waals surface area contributed by atoms with E-state index in [1.54, 1.807) is 10.6 Å². The molecule has 0 aliphatic heterocycles. The molecule has 0 unspecified atom stereocenters. The van der Waals surface area contributed by atoms with Crippen LogP contribution >= 0.6 is 0 Å². The minimum absolute atomic E-state index is 0.591. The Labute approximate surface area is 99.1 Å². The van der Waals surface area contributed by atoms with Crippen molar-refractivity contribution in [2.45, 2.75) is 0 Å². The van der Waals surface area contributed by atoms with Gasteiger partial charge < -0.3 is 22.9 Å². The highest BCUT2D eigenvalue weighted by Crippen LogP contribution is 1.86. The molecule has 0 spiro atoms. The third-order valence-corrected chi connectivity index (χ3v) is 0.940. The summed E-state index contributed by atoms with van der Waals surface area (Å²) in [5, 5.41) is 9.36. The summed E-state index contributed by atoms with van der Waals surface area (Å²) in [6.07, 6.45) is -1.45. The van der Waals surface area contributed by atoms with E-state index in [1.165, 1.54) is 0 Å². The number of rotatable bonds is 2. The zero-order valence-electron chi connectivity index (χ0n) is 8.75. The Bertz CT molecular complexity index is 367. The fourth-order valence-corrected chi connectivity index (χ4v) is 0.488. The number of primary amides is 2. The maximum absolute atomic E-state index is 10.8. The Kier molecular flexibility index (Phi) is 5.81. The van der Waals surface area contributed by atoms with Gasteiger partial charge in [-0.3, -0.25) is 20.3 Å². The molecule has 0 atom stereocenters. The number of guanidine groups is 2. The molecule has 0 saturated carbocycles. The smallest absolute Gasteiger partial charge is 0.367 e. The topological polar surface area (TPSA) is 223 Å². The quantitative estimate of drug-likeness (QED) is 0.130. The second-order valence-corrected chi connectivity index (χ2v) is 2.36. The van der Waals surface area contributed by atoms with Crippen LogP contribution in [0.15, 0.2) is 10.3 Å². The minimum Gasteiger partial charge on any atom is -0.367 e. The predicted octanol–water partition coefficient (Wildman–Crippen LogP) is -3.06. The van der Waals surface area contributed by atoms with Crippen molar-refractivity contribution in [2.75, 3.05) is 0 Å². The van der Waals surface area contributed by atoms with E-state index in [4.69, 9.17) is 11.5 Å². The Morgan fingerprint density at radius 1 is 0.778 bits per heavy atom. The van der Waals surface area contributed by atoms with Gasteiger partial charge >= 0.3 is 18.2 Å². The zero-order chi connectivity index (χ0) is 14.1. The molecule has 100 valence electrons. The van der Waals surface area contributed by atoms with Crippen molar-refractivity contribution in [2.24, 2.45) is 33.2 Å². The summed E-state index contributed by atoms with van der Waals surface area (Å²) in [7, 11) is 0. The van der Waals surface area contributed by atoms with Gasteiger partial charge in [0.05, 0.1) is 0 Å². The summed E-state index contributed by atoms with van der Waals surface area (Å²) < 4.78 is 0. The summed E-state index contributed by atoms with van der Waals surface area (Å²) in [5.74, 6) is -1.18. The maximum atomic E-state index is 10.8. The molecule has 0 aromatic heterocycles. The summed E-state index contributed by atoms with van der Waals surface area (Å²) >= 11 is 0. The van der Waals surface area contributed by atoms with Crippen molar-refractivity contribution in [1.29, 1.82) is 0 Å². The molecule has 13 nitrogen and oxygen atoms in total. The van der Waals surface area contributed by atoms with E-state index in [0.717, 1.165) is 0 Å². The number of hydrogen-bond donors (Lipinski definition) is 6. The van der Waals surface area contributed by atoms with E-state index in [0.29, 0.717) is 0 Å². The lowest BCUT2D eigenvalue weighted by molar-refractivity contribution is 0.0588. The van der Waals surface area contributed by atoms with Gasteiger partial charge in [0.2, 0.25) is 11.9 Å². The van der Waals surface area contributed by atoms with Gasteiger partial charge in [0, 0.05) is 0 Å². The number of oxime groups is 2. The van der Waals surface area contributed by atoms with Crippen LogP contribution in [0.4, 0.5) is 14.4 Å². The highest BCUT2D eigenvalue weighted by molar-refractivity contribution is 5.95. The first-order chi connectivity index (χ1) is 8.31. The number of carbonyl (C=O) groups is 3. The standard InChI is InChI=1S/C5H10N8O5/c6-1(10-3(8)14)12-17-5(16)18-13-2(7)11-4(9)15/h(H5,6,8,10,12,14)(H5,7,9,11,13,15). The van der Waals surface area contributed by atoms with E-state index < -0.39 is 30.1 Å². The van der Waals surface area contributed by atoms with Crippen molar-refractivity contribution in [3.05, 3.63) is 0 Å². The van der Waals surface area contributed by atoms with Gasteiger partial charge in [0.15, 0.2) is 0 Å². The number of urea groups is 2. The van der Waals surface area contributed by atoms with Crippen molar-refractivity contribution in [3.8, 4) is 0 Å². The summed E-state index contributed by atoms with van der Waals surface area (Å²) in [5.41, 5.74) is 19.4. The van der Waals surface area contributed by atoms with Crippen LogP contribution in [0, 0.1) is 0 Å². The second-order valence-electron chi connectivity index (χ2n) is 2.36. The molecule has 0 bridgehead atoms. The molecule has 0 aromatic rings. The Balaban J connectivity index is 4.12. The fraction of sp³-hybridized carbons (Fsp3) is 0. The van der Waals surface area contributed by atoms with Crippen LogP contribution in [-0.4, -0.2) is 30.1 Å². The highest BCUT2D eigenvalue weighted by atomic mass is 16.8. The lowest BCUT2D eigenvalue weighted by Gasteiger charge is -2.00. The Morgan fingerprint density at radius 3 is 1.39 bits per heavy atom. The van der Waals surface area contributed by atoms with E-state index in [9.17, 15) is 14.4 Å². The normalized spacial score (nSPS) is 11.3. The number of hydrogen-bond acceptors (Lipinski definition) is 7. The van der Waals surface area contributed by atoms with Gasteiger partial charge in [-0.1, -0.05) is 0 Å². The van der Waals surface area contributed by atoms with E-state index in [1.807, 2.05) is 0 Å². The van der Waals surface area contributed by atoms with E-state index >= 15 is 0 Å². The van der Waals surface area contributed by atoms with Gasteiger partial charge in [-0.2, -0.15) is 4.79 Å². The van der Waals surface area contributed by atoms with E-state index in [2.05, 4.69) is 31.5 Å². The molecule has 13 heteroatoms. The number of carbonyl (C=O) groups excluding carboxylic acids is 3. The predicted molar refractivity (Wildman–Crippen MR) is 56.2 cm³/mol. The number of amides is 4. The third kappa shape index (κ3) is 8.09. The molecular formula is C5H10N8O5. The maximum Gasteiger partial charge on any atom is 0.562 e.